The summed E-state index contributed by atoms with van der Waals surface area (Å²) in [6.45, 7) is 2.62. The summed E-state index contributed by atoms with van der Waals surface area (Å²) in [6.07, 6.45) is 4.65. The normalized spacial score (nSPS) is 15.1. The number of likely N-dealkylation sites (N-methyl/N-ethyl adjacent to an activating group) is 1. The summed E-state index contributed by atoms with van der Waals surface area (Å²) in [6, 6.07) is 15.0. The van der Waals surface area contributed by atoms with E-state index in [1.807, 2.05) is 17.8 Å². The maximum absolute atomic E-state index is 12.7. The molecular weight excluding hydrogens is 338 g/mol. The molecule has 0 spiro atoms. The van der Waals surface area contributed by atoms with Gasteiger partial charge in [0, 0.05) is 13.6 Å². The summed E-state index contributed by atoms with van der Waals surface area (Å²) in [5.41, 5.74) is 1.68. The van der Waals surface area contributed by atoms with Crippen LogP contribution in [0.4, 0.5) is 0 Å². The molecule has 0 unspecified atom stereocenters. The second-order valence-corrected chi connectivity index (χ2v) is 7.18. The number of nitrogens with zero attached hydrogens (tertiary/aromatic N) is 4. The van der Waals surface area contributed by atoms with E-state index >= 15 is 0 Å². The fourth-order valence-electron chi connectivity index (χ4n) is 3.72. The Morgan fingerprint density at radius 3 is 2.81 bits per heavy atom. The van der Waals surface area contributed by atoms with Crippen LogP contribution in [0.15, 0.2) is 48.7 Å². The summed E-state index contributed by atoms with van der Waals surface area (Å²) in [5, 5.41) is 14.1. The van der Waals surface area contributed by atoms with Gasteiger partial charge in [0.25, 0.3) is 5.91 Å². The molecule has 1 fully saturated rings. The van der Waals surface area contributed by atoms with Crippen molar-refractivity contribution in [2.24, 2.45) is 0 Å². The van der Waals surface area contributed by atoms with Gasteiger partial charge in [-0.3, -0.25) is 4.79 Å². The molecule has 0 atom stereocenters. The summed E-state index contributed by atoms with van der Waals surface area (Å²) < 4.78 is 1.85. The quantitative estimate of drug-likeness (QED) is 0.757. The van der Waals surface area contributed by atoms with Gasteiger partial charge >= 0.3 is 0 Å². The van der Waals surface area contributed by atoms with Crippen LogP contribution in [0.1, 0.15) is 34.9 Å². The minimum Gasteiger partial charge on any atom is -0.340 e. The number of hydrogen-bond acceptors (Lipinski definition) is 4. The van der Waals surface area contributed by atoms with Crippen molar-refractivity contribution in [1.29, 1.82) is 0 Å². The van der Waals surface area contributed by atoms with Gasteiger partial charge in [-0.05, 0) is 48.7 Å². The van der Waals surface area contributed by atoms with Crippen LogP contribution < -0.4 is 5.32 Å². The predicted octanol–water partition coefficient (Wildman–Crippen LogP) is 2.67. The van der Waals surface area contributed by atoms with Crippen LogP contribution in [0.25, 0.3) is 10.8 Å². The molecule has 1 aliphatic rings. The van der Waals surface area contributed by atoms with Crippen molar-refractivity contribution in [1.82, 2.24) is 25.2 Å². The van der Waals surface area contributed by atoms with E-state index in [0.717, 1.165) is 32.4 Å². The highest BCUT2D eigenvalue weighted by molar-refractivity contribution is 5.91. The topological polar surface area (TPSA) is 63.1 Å². The predicted molar refractivity (Wildman–Crippen MR) is 106 cm³/mol. The number of fused-ring (bicyclic) bond motifs is 1. The first-order valence-corrected chi connectivity index (χ1v) is 9.57. The van der Waals surface area contributed by atoms with E-state index in [1.54, 1.807) is 11.1 Å². The minimum absolute atomic E-state index is 0.0737. The van der Waals surface area contributed by atoms with Crippen molar-refractivity contribution in [2.75, 3.05) is 26.7 Å². The molecule has 3 aromatic rings. The van der Waals surface area contributed by atoms with Gasteiger partial charge in [0.15, 0.2) is 5.69 Å². The fraction of sp³-hybridized carbons (Fsp3) is 0.381. The summed E-state index contributed by atoms with van der Waals surface area (Å²) in [5.74, 6) is -0.0737. The molecule has 1 aromatic heterocycles. The van der Waals surface area contributed by atoms with Gasteiger partial charge in [-0.2, -0.15) is 0 Å². The first-order valence-electron chi connectivity index (χ1n) is 9.57. The average Bonchev–Trinajstić information content (AvgIpc) is 3.22. The maximum atomic E-state index is 12.7. The second-order valence-electron chi connectivity index (χ2n) is 7.18. The molecule has 140 valence electrons. The number of hydrogen-bond donors (Lipinski definition) is 1. The molecule has 4 rings (SSSR count). The van der Waals surface area contributed by atoms with Crippen LogP contribution in [0.2, 0.25) is 0 Å². The van der Waals surface area contributed by atoms with E-state index in [9.17, 15) is 4.79 Å². The monoisotopic (exact) mass is 363 g/mol. The van der Waals surface area contributed by atoms with Crippen molar-refractivity contribution < 1.29 is 4.79 Å². The number of aromatic nitrogens is 3. The Balaban J connectivity index is 1.41. The molecule has 0 aliphatic carbocycles. The Bertz CT molecular complexity index is 924. The van der Waals surface area contributed by atoms with Crippen LogP contribution in [0.5, 0.6) is 0 Å². The van der Waals surface area contributed by atoms with Gasteiger partial charge in [0.2, 0.25) is 0 Å². The van der Waals surface area contributed by atoms with Crippen molar-refractivity contribution in [2.45, 2.75) is 25.3 Å². The third-order valence-corrected chi connectivity index (χ3v) is 5.36. The van der Waals surface area contributed by atoms with Crippen LogP contribution in [-0.4, -0.2) is 52.5 Å². The highest BCUT2D eigenvalue weighted by Gasteiger charge is 2.20. The molecule has 1 aliphatic heterocycles. The number of carbonyl (C=O) groups excluding carboxylic acids is 1. The number of rotatable bonds is 5. The Morgan fingerprint density at radius 2 is 1.96 bits per heavy atom. The average molecular weight is 363 g/mol. The van der Waals surface area contributed by atoms with E-state index in [0.29, 0.717) is 18.3 Å². The summed E-state index contributed by atoms with van der Waals surface area (Å²) in [7, 11) is 1.83. The van der Waals surface area contributed by atoms with Gasteiger partial charge in [0.1, 0.15) is 0 Å². The van der Waals surface area contributed by atoms with Crippen molar-refractivity contribution in [3.05, 3.63) is 59.9 Å². The number of amides is 1. The molecule has 1 N–H and O–H groups in total. The van der Waals surface area contributed by atoms with E-state index in [1.165, 1.54) is 16.3 Å². The lowest BCUT2D eigenvalue weighted by molar-refractivity contribution is 0.0791. The Hall–Kier alpha value is -2.73. The fourth-order valence-corrected chi connectivity index (χ4v) is 3.72. The van der Waals surface area contributed by atoms with Crippen molar-refractivity contribution in [3.63, 3.8) is 0 Å². The van der Waals surface area contributed by atoms with Crippen LogP contribution >= 0.6 is 0 Å². The smallest absolute Gasteiger partial charge is 0.275 e. The third-order valence-electron chi connectivity index (χ3n) is 5.36. The Kier molecular flexibility index (Phi) is 5.16. The lowest BCUT2D eigenvalue weighted by Gasteiger charge is -2.22. The van der Waals surface area contributed by atoms with Crippen molar-refractivity contribution >= 4 is 16.7 Å². The Labute approximate surface area is 159 Å². The molecule has 2 aromatic carbocycles. The van der Waals surface area contributed by atoms with Gasteiger partial charge in [0.05, 0.1) is 12.2 Å². The summed E-state index contributed by atoms with van der Waals surface area (Å²) >= 11 is 0. The van der Waals surface area contributed by atoms with E-state index in [4.69, 9.17) is 0 Å². The molecule has 1 saturated heterocycles. The molecule has 1 amide bonds. The number of piperidine rings is 1. The third kappa shape index (κ3) is 3.85. The molecule has 27 heavy (non-hydrogen) atoms. The first kappa shape index (κ1) is 17.7. The molecule has 6 nitrogen and oxygen atoms in total. The first-order chi connectivity index (χ1) is 13.2. The van der Waals surface area contributed by atoms with Gasteiger partial charge < -0.3 is 10.2 Å². The number of benzene rings is 2. The SMILES string of the molecule is CN(CCc1cccc2ccccc12)C(=O)c1cn(C2CCNCC2)nn1. The number of nitrogens with one attached hydrogen (secondary N) is 1. The Morgan fingerprint density at radius 1 is 1.19 bits per heavy atom. The van der Waals surface area contributed by atoms with Crippen LogP contribution in [-0.2, 0) is 6.42 Å². The van der Waals surface area contributed by atoms with E-state index < -0.39 is 0 Å². The zero-order chi connectivity index (χ0) is 18.6. The zero-order valence-electron chi connectivity index (χ0n) is 15.6. The summed E-state index contributed by atoms with van der Waals surface area (Å²) in [4.78, 5) is 14.5. The van der Waals surface area contributed by atoms with E-state index in [2.05, 4.69) is 52.0 Å². The standard InChI is InChI=1S/C21H25N5O/c1-25(14-11-17-7-4-6-16-5-2-3-8-19(16)17)21(27)20-15-26(24-23-20)18-9-12-22-13-10-18/h2-8,15,18,22H,9-14H2,1H3. The van der Waals surface area contributed by atoms with Gasteiger partial charge in [-0.25, -0.2) is 4.68 Å². The minimum atomic E-state index is -0.0737. The molecular formula is C21H25N5O. The van der Waals surface area contributed by atoms with Gasteiger partial charge in [-0.1, -0.05) is 47.7 Å². The maximum Gasteiger partial charge on any atom is 0.275 e. The molecule has 2 heterocycles. The zero-order valence-corrected chi connectivity index (χ0v) is 15.6. The molecule has 6 heteroatoms. The highest BCUT2D eigenvalue weighted by atomic mass is 16.2. The number of carbonyl (C=O) groups is 1. The van der Waals surface area contributed by atoms with E-state index in [-0.39, 0.29) is 5.91 Å². The van der Waals surface area contributed by atoms with Crippen LogP contribution in [0, 0.1) is 0 Å². The molecule has 0 bridgehead atoms. The molecule has 0 radical (unpaired) electrons. The van der Waals surface area contributed by atoms with Crippen LogP contribution in [0.3, 0.4) is 0 Å². The second kappa shape index (κ2) is 7.88. The highest BCUT2D eigenvalue weighted by Crippen LogP contribution is 2.20. The molecule has 0 saturated carbocycles. The lowest BCUT2D eigenvalue weighted by atomic mass is 10.0. The largest absolute Gasteiger partial charge is 0.340 e. The van der Waals surface area contributed by atoms with Crippen molar-refractivity contribution in [3.8, 4) is 0 Å². The lowest BCUT2D eigenvalue weighted by Crippen LogP contribution is -2.30. The van der Waals surface area contributed by atoms with Gasteiger partial charge in [-0.15, -0.1) is 5.10 Å².